The summed E-state index contributed by atoms with van der Waals surface area (Å²) >= 11 is 0. The van der Waals surface area contributed by atoms with Crippen LogP contribution >= 0.6 is 0 Å². The van der Waals surface area contributed by atoms with E-state index < -0.39 is 29.9 Å². The first kappa shape index (κ1) is 19.9. The summed E-state index contributed by atoms with van der Waals surface area (Å²) in [4.78, 5) is 36.5. The van der Waals surface area contributed by atoms with E-state index in [9.17, 15) is 14.4 Å². The maximum absolute atomic E-state index is 12.4. The van der Waals surface area contributed by atoms with Crippen LogP contribution in [-0.2, 0) is 14.3 Å². The Morgan fingerprint density at radius 1 is 1.12 bits per heavy atom. The first-order valence-electron chi connectivity index (χ1n) is 9.38. The van der Waals surface area contributed by atoms with E-state index >= 15 is 0 Å². The van der Waals surface area contributed by atoms with Crippen LogP contribution in [0, 0.1) is 0 Å². The Balaban J connectivity index is 1.83. The maximum atomic E-state index is 12.4. The summed E-state index contributed by atoms with van der Waals surface area (Å²) in [5, 5.41) is 5.07. The second kappa shape index (κ2) is 9.94. The number of imide groups is 1. The zero-order chi connectivity index (χ0) is 18.9. The van der Waals surface area contributed by atoms with Crippen LogP contribution in [0.1, 0.15) is 63.9 Å². The number of nitrogens with one attached hydrogen (secondary N) is 2. The van der Waals surface area contributed by atoms with E-state index in [1.807, 2.05) is 37.3 Å². The molecular weight excluding hydrogens is 332 g/mol. The van der Waals surface area contributed by atoms with Crippen molar-refractivity contribution < 1.29 is 19.1 Å². The number of benzene rings is 1. The zero-order valence-corrected chi connectivity index (χ0v) is 15.5. The molecule has 1 aliphatic carbocycles. The number of amides is 3. The largest absolute Gasteiger partial charge is 0.452 e. The minimum atomic E-state index is -1.03. The van der Waals surface area contributed by atoms with Crippen molar-refractivity contribution in [3.05, 3.63) is 35.9 Å². The lowest BCUT2D eigenvalue weighted by molar-refractivity contribution is -0.156. The zero-order valence-electron chi connectivity index (χ0n) is 15.5. The first-order chi connectivity index (χ1) is 12.5. The number of hydrogen-bond donors (Lipinski definition) is 2. The van der Waals surface area contributed by atoms with Crippen molar-refractivity contribution in [3.8, 4) is 0 Å². The molecule has 142 valence electrons. The number of ether oxygens (including phenoxy) is 1. The molecule has 1 aromatic rings. The van der Waals surface area contributed by atoms with Gasteiger partial charge in [0.05, 0.1) is 5.92 Å². The van der Waals surface area contributed by atoms with Crippen molar-refractivity contribution in [1.82, 2.24) is 10.6 Å². The molecular formula is C20H28N2O4. The van der Waals surface area contributed by atoms with Gasteiger partial charge in [0.25, 0.3) is 5.91 Å². The van der Waals surface area contributed by atoms with Crippen LogP contribution in [-0.4, -0.2) is 30.1 Å². The predicted molar refractivity (Wildman–Crippen MR) is 98.6 cm³/mol. The molecule has 0 spiro atoms. The van der Waals surface area contributed by atoms with Crippen molar-refractivity contribution in [2.45, 2.75) is 70.4 Å². The van der Waals surface area contributed by atoms with Crippen LogP contribution < -0.4 is 10.6 Å². The highest BCUT2D eigenvalue weighted by Crippen LogP contribution is 2.21. The molecule has 2 N–H and O–H groups in total. The number of carbonyl (C=O) groups excluding carboxylic acids is 3. The van der Waals surface area contributed by atoms with Crippen molar-refractivity contribution in [2.75, 3.05) is 0 Å². The minimum absolute atomic E-state index is 0.108. The Morgan fingerprint density at radius 2 is 1.77 bits per heavy atom. The lowest BCUT2D eigenvalue weighted by Crippen LogP contribution is -2.48. The van der Waals surface area contributed by atoms with E-state index in [1.54, 1.807) is 0 Å². The molecule has 0 radical (unpaired) electrons. The van der Waals surface area contributed by atoms with Crippen LogP contribution in [0.4, 0.5) is 4.79 Å². The summed E-state index contributed by atoms with van der Waals surface area (Å²) in [6, 6.07) is 8.89. The summed E-state index contributed by atoms with van der Waals surface area (Å²) in [5.41, 5.74) is 0.850. The third kappa shape index (κ3) is 5.86. The Hall–Kier alpha value is -2.37. The number of urea groups is 1. The Morgan fingerprint density at radius 3 is 2.38 bits per heavy atom. The van der Waals surface area contributed by atoms with Gasteiger partial charge < -0.3 is 10.1 Å². The van der Waals surface area contributed by atoms with Gasteiger partial charge >= 0.3 is 12.0 Å². The fraction of sp³-hybridized carbons (Fsp3) is 0.550. The number of rotatable bonds is 6. The molecule has 1 aromatic carbocycles. The summed E-state index contributed by atoms with van der Waals surface area (Å²) < 4.78 is 5.28. The van der Waals surface area contributed by atoms with Gasteiger partial charge in [0.1, 0.15) is 0 Å². The van der Waals surface area contributed by atoms with Gasteiger partial charge in [0, 0.05) is 6.04 Å². The smallest absolute Gasteiger partial charge is 0.321 e. The van der Waals surface area contributed by atoms with Crippen LogP contribution in [0.2, 0.25) is 0 Å². The molecule has 0 bridgehead atoms. The van der Waals surface area contributed by atoms with Crippen molar-refractivity contribution >= 4 is 17.9 Å². The Kier molecular flexibility index (Phi) is 7.63. The highest BCUT2D eigenvalue weighted by molar-refractivity contribution is 5.97. The van der Waals surface area contributed by atoms with Crippen LogP contribution in [0.15, 0.2) is 30.3 Å². The van der Waals surface area contributed by atoms with Gasteiger partial charge in [-0.3, -0.25) is 14.9 Å². The van der Waals surface area contributed by atoms with E-state index in [0.29, 0.717) is 6.42 Å². The molecule has 26 heavy (non-hydrogen) atoms. The minimum Gasteiger partial charge on any atom is -0.452 e. The topological polar surface area (TPSA) is 84.5 Å². The molecule has 6 nitrogen and oxygen atoms in total. The fourth-order valence-electron chi connectivity index (χ4n) is 3.22. The van der Waals surface area contributed by atoms with Crippen LogP contribution in [0.5, 0.6) is 0 Å². The van der Waals surface area contributed by atoms with E-state index in [1.165, 1.54) is 13.3 Å². The molecule has 0 unspecified atom stereocenters. The molecule has 2 rings (SSSR count). The van der Waals surface area contributed by atoms with Crippen LogP contribution in [0.3, 0.4) is 0 Å². The molecule has 6 heteroatoms. The van der Waals surface area contributed by atoms with E-state index in [0.717, 1.165) is 31.2 Å². The molecule has 1 saturated carbocycles. The third-order valence-electron chi connectivity index (χ3n) is 4.73. The molecule has 0 aromatic heterocycles. The van der Waals surface area contributed by atoms with Crippen molar-refractivity contribution in [3.63, 3.8) is 0 Å². The van der Waals surface area contributed by atoms with E-state index in [2.05, 4.69) is 10.6 Å². The van der Waals surface area contributed by atoms with Gasteiger partial charge in [-0.15, -0.1) is 0 Å². The van der Waals surface area contributed by atoms with E-state index in [4.69, 9.17) is 4.74 Å². The van der Waals surface area contributed by atoms with Gasteiger partial charge in [0.2, 0.25) is 0 Å². The Bertz CT molecular complexity index is 611. The third-order valence-corrected chi connectivity index (χ3v) is 4.73. The van der Waals surface area contributed by atoms with Gasteiger partial charge in [-0.05, 0) is 31.7 Å². The highest BCUT2D eigenvalue weighted by atomic mass is 16.5. The van der Waals surface area contributed by atoms with Crippen molar-refractivity contribution in [2.24, 2.45) is 0 Å². The monoisotopic (exact) mass is 360 g/mol. The maximum Gasteiger partial charge on any atom is 0.321 e. The summed E-state index contributed by atoms with van der Waals surface area (Å²) in [6.07, 6.45) is 4.76. The summed E-state index contributed by atoms with van der Waals surface area (Å²) in [6.45, 7) is 3.36. The van der Waals surface area contributed by atoms with Gasteiger partial charge in [-0.1, -0.05) is 56.5 Å². The number of hydrogen-bond acceptors (Lipinski definition) is 4. The number of esters is 1. The first-order valence-corrected chi connectivity index (χ1v) is 9.38. The van der Waals surface area contributed by atoms with Crippen molar-refractivity contribution in [1.29, 1.82) is 0 Å². The SMILES string of the molecule is CC[C@H](C(=O)O[C@H](C)C(=O)NC(=O)NC1CCCCC1)c1ccccc1. The summed E-state index contributed by atoms with van der Waals surface area (Å²) in [5.74, 6) is -1.51. The normalized spacial score (nSPS) is 17.0. The van der Waals surface area contributed by atoms with Gasteiger partial charge in [-0.2, -0.15) is 0 Å². The van der Waals surface area contributed by atoms with Gasteiger partial charge in [0.15, 0.2) is 6.10 Å². The standard InChI is InChI=1S/C20H28N2O4/c1-3-17(15-10-6-4-7-11-15)19(24)26-14(2)18(23)22-20(25)21-16-12-8-5-9-13-16/h4,6-7,10-11,14,16-17H,3,5,8-9,12-13H2,1-2H3,(H2,21,22,23,25)/t14-,17+/m1/s1. The molecule has 1 fully saturated rings. The average molecular weight is 360 g/mol. The molecule has 2 atom stereocenters. The fourth-order valence-corrected chi connectivity index (χ4v) is 3.22. The number of carbonyl (C=O) groups is 3. The summed E-state index contributed by atoms with van der Waals surface area (Å²) in [7, 11) is 0. The molecule has 1 aliphatic rings. The molecule has 0 heterocycles. The Labute approximate surface area is 154 Å². The highest BCUT2D eigenvalue weighted by Gasteiger charge is 2.26. The predicted octanol–water partition coefficient (Wildman–Crippen LogP) is 3.27. The van der Waals surface area contributed by atoms with Crippen LogP contribution in [0.25, 0.3) is 0 Å². The second-order valence-corrected chi connectivity index (χ2v) is 6.75. The lowest BCUT2D eigenvalue weighted by Gasteiger charge is -2.23. The molecule has 0 saturated heterocycles. The quantitative estimate of drug-likeness (QED) is 0.763. The van der Waals surface area contributed by atoms with E-state index in [-0.39, 0.29) is 6.04 Å². The average Bonchev–Trinajstić information content (AvgIpc) is 2.63. The molecule has 0 aliphatic heterocycles. The lowest BCUT2D eigenvalue weighted by atomic mass is 9.96. The second-order valence-electron chi connectivity index (χ2n) is 6.75. The van der Waals surface area contributed by atoms with Gasteiger partial charge in [-0.25, -0.2) is 4.79 Å². The molecule has 3 amide bonds.